The Labute approximate surface area is 123 Å². The summed E-state index contributed by atoms with van der Waals surface area (Å²) in [6.07, 6.45) is 2.21. The van der Waals surface area contributed by atoms with Crippen molar-refractivity contribution in [3.8, 4) is 0 Å². The van der Waals surface area contributed by atoms with Gasteiger partial charge in [0.15, 0.2) is 0 Å². The minimum Gasteiger partial charge on any atom is -0.376 e. The Morgan fingerprint density at radius 1 is 1.16 bits per heavy atom. The SMILES string of the molecule is CCCNCc1ccc(COCCc2cccs2)s1. The Bertz CT molecular complexity index is 450. The molecule has 0 aliphatic carbocycles. The maximum atomic E-state index is 5.73. The van der Waals surface area contributed by atoms with Crippen molar-refractivity contribution in [2.75, 3.05) is 13.2 Å². The van der Waals surface area contributed by atoms with Crippen molar-refractivity contribution in [2.45, 2.75) is 32.9 Å². The normalized spacial score (nSPS) is 11.0. The molecular formula is C15H21NOS2. The monoisotopic (exact) mass is 295 g/mol. The summed E-state index contributed by atoms with van der Waals surface area (Å²) in [6, 6.07) is 8.63. The highest BCUT2D eigenvalue weighted by molar-refractivity contribution is 7.12. The lowest BCUT2D eigenvalue weighted by atomic mass is 10.4. The lowest BCUT2D eigenvalue weighted by Gasteiger charge is -2.01. The summed E-state index contributed by atoms with van der Waals surface area (Å²) in [5.74, 6) is 0. The van der Waals surface area contributed by atoms with Crippen LogP contribution in [0.3, 0.4) is 0 Å². The second-order valence-corrected chi connectivity index (χ2v) is 6.71. The van der Waals surface area contributed by atoms with Gasteiger partial charge in [0.05, 0.1) is 13.2 Å². The summed E-state index contributed by atoms with van der Waals surface area (Å²) in [6.45, 7) is 5.80. The number of ether oxygens (including phenoxy) is 1. The molecule has 2 aromatic heterocycles. The number of thiophene rings is 2. The van der Waals surface area contributed by atoms with E-state index in [2.05, 4.69) is 41.9 Å². The van der Waals surface area contributed by atoms with Gasteiger partial charge in [-0.25, -0.2) is 0 Å². The Balaban J connectivity index is 1.63. The second kappa shape index (κ2) is 8.48. The molecule has 0 bridgehead atoms. The molecule has 2 rings (SSSR count). The van der Waals surface area contributed by atoms with Gasteiger partial charge < -0.3 is 10.1 Å². The van der Waals surface area contributed by atoms with E-state index < -0.39 is 0 Å². The third-order valence-electron chi connectivity index (χ3n) is 2.76. The molecule has 19 heavy (non-hydrogen) atoms. The average Bonchev–Trinajstić information content (AvgIpc) is 3.06. The molecule has 0 aromatic carbocycles. The molecule has 2 heterocycles. The van der Waals surface area contributed by atoms with Crippen molar-refractivity contribution in [2.24, 2.45) is 0 Å². The van der Waals surface area contributed by atoms with E-state index in [1.165, 1.54) is 21.1 Å². The van der Waals surface area contributed by atoms with Crippen LogP contribution in [0.15, 0.2) is 29.6 Å². The molecule has 0 spiro atoms. The lowest BCUT2D eigenvalue weighted by molar-refractivity contribution is 0.126. The summed E-state index contributed by atoms with van der Waals surface area (Å²) in [5, 5.41) is 5.54. The molecule has 2 nitrogen and oxygen atoms in total. The minimum atomic E-state index is 0.740. The van der Waals surface area contributed by atoms with Gasteiger partial charge in [0.2, 0.25) is 0 Å². The summed E-state index contributed by atoms with van der Waals surface area (Å²) in [5.41, 5.74) is 0. The molecule has 4 heteroatoms. The number of hydrogen-bond acceptors (Lipinski definition) is 4. The lowest BCUT2D eigenvalue weighted by Crippen LogP contribution is -2.12. The van der Waals surface area contributed by atoms with Gasteiger partial charge in [-0.15, -0.1) is 22.7 Å². The van der Waals surface area contributed by atoms with E-state index in [1.54, 1.807) is 11.3 Å². The van der Waals surface area contributed by atoms with Crippen LogP contribution in [-0.2, 0) is 24.3 Å². The fraction of sp³-hybridized carbons (Fsp3) is 0.467. The molecule has 0 saturated heterocycles. The van der Waals surface area contributed by atoms with Gasteiger partial charge in [0, 0.05) is 27.6 Å². The zero-order chi connectivity index (χ0) is 13.3. The summed E-state index contributed by atoms with van der Waals surface area (Å²) in [4.78, 5) is 4.11. The van der Waals surface area contributed by atoms with Crippen LogP contribution in [-0.4, -0.2) is 13.2 Å². The Kier molecular flexibility index (Phi) is 6.57. The Morgan fingerprint density at radius 3 is 2.84 bits per heavy atom. The van der Waals surface area contributed by atoms with Gasteiger partial charge in [-0.05, 0) is 36.5 Å². The number of nitrogens with one attached hydrogen (secondary N) is 1. The molecule has 0 unspecified atom stereocenters. The molecule has 0 saturated carbocycles. The second-order valence-electron chi connectivity index (χ2n) is 4.43. The molecule has 0 aliphatic heterocycles. The third kappa shape index (κ3) is 5.45. The first-order chi connectivity index (χ1) is 9.38. The Morgan fingerprint density at radius 2 is 2.05 bits per heavy atom. The summed E-state index contributed by atoms with van der Waals surface area (Å²) < 4.78 is 5.73. The standard InChI is InChI=1S/C15H21NOS2/c1-2-8-16-11-14-5-6-15(19-14)12-17-9-7-13-4-3-10-18-13/h3-6,10,16H,2,7-9,11-12H2,1H3. The maximum absolute atomic E-state index is 5.73. The van der Waals surface area contributed by atoms with Gasteiger partial charge >= 0.3 is 0 Å². The predicted molar refractivity (Wildman–Crippen MR) is 84.0 cm³/mol. The third-order valence-corrected chi connectivity index (χ3v) is 4.76. The molecule has 0 amide bonds. The van der Waals surface area contributed by atoms with Crippen molar-refractivity contribution < 1.29 is 4.74 Å². The smallest absolute Gasteiger partial charge is 0.0809 e. The van der Waals surface area contributed by atoms with Crippen LogP contribution in [0.5, 0.6) is 0 Å². The van der Waals surface area contributed by atoms with Crippen LogP contribution in [0.4, 0.5) is 0 Å². The van der Waals surface area contributed by atoms with Crippen molar-refractivity contribution in [3.05, 3.63) is 44.3 Å². The zero-order valence-electron chi connectivity index (χ0n) is 11.4. The van der Waals surface area contributed by atoms with E-state index >= 15 is 0 Å². The zero-order valence-corrected chi connectivity index (χ0v) is 13.0. The van der Waals surface area contributed by atoms with Crippen molar-refractivity contribution >= 4 is 22.7 Å². The van der Waals surface area contributed by atoms with Crippen molar-refractivity contribution in [3.63, 3.8) is 0 Å². The molecular weight excluding hydrogens is 274 g/mol. The quantitative estimate of drug-likeness (QED) is 0.704. The van der Waals surface area contributed by atoms with Gasteiger partial charge in [0.1, 0.15) is 0 Å². The Hall–Kier alpha value is -0.680. The van der Waals surface area contributed by atoms with E-state index in [-0.39, 0.29) is 0 Å². The predicted octanol–water partition coefficient (Wildman–Crippen LogP) is 4.07. The van der Waals surface area contributed by atoms with Gasteiger partial charge in [-0.3, -0.25) is 0 Å². The van der Waals surface area contributed by atoms with E-state index in [0.717, 1.165) is 32.7 Å². The van der Waals surface area contributed by atoms with Gasteiger partial charge in [-0.1, -0.05) is 13.0 Å². The highest BCUT2D eigenvalue weighted by Gasteiger charge is 2.00. The summed E-state index contributed by atoms with van der Waals surface area (Å²) in [7, 11) is 0. The maximum Gasteiger partial charge on any atom is 0.0809 e. The average molecular weight is 295 g/mol. The molecule has 0 radical (unpaired) electrons. The fourth-order valence-corrected chi connectivity index (χ4v) is 3.40. The van der Waals surface area contributed by atoms with E-state index in [0.29, 0.717) is 0 Å². The van der Waals surface area contributed by atoms with Crippen LogP contribution >= 0.6 is 22.7 Å². The molecule has 2 aromatic rings. The first-order valence-corrected chi connectivity index (χ1v) is 8.46. The van der Waals surface area contributed by atoms with E-state index in [4.69, 9.17) is 4.74 Å². The fourth-order valence-electron chi connectivity index (χ4n) is 1.78. The van der Waals surface area contributed by atoms with E-state index in [9.17, 15) is 0 Å². The van der Waals surface area contributed by atoms with Gasteiger partial charge in [0.25, 0.3) is 0 Å². The van der Waals surface area contributed by atoms with Crippen LogP contribution < -0.4 is 5.32 Å². The summed E-state index contributed by atoms with van der Waals surface area (Å²) >= 11 is 3.65. The first-order valence-electron chi connectivity index (χ1n) is 6.77. The van der Waals surface area contributed by atoms with Crippen molar-refractivity contribution in [1.29, 1.82) is 0 Å². The first kappa shape index (κ1) is 14.7. The van der Waals surface area contributed by atoms with Crippen LogP contribution in [0.1, 0.15) is 28.0 Å². The molecule has 1 N–H and O–H groups in total. The molecule has 0 fully saturated rings. The molecule has 0 atom stereocenters. The highest BCUT2D eigenvalue weighted by atomic mass is 32.1. The topological polar surface area (TPSA) is 21.3 Å². The minimum absolute atomic E-state index is 0.740. The van der Waals surface area contributed by atoms with E-state index in [1.807, 2.05) is 11.3 Å². The van der Waals surface area contributed by atoms with Crippen LogP contribution in [0.2, 0.25) is 0 Å². The van der Waals surface area contributed by atoms with Crippen LogP contribution in [0, 0.1) is 0 Å². The van der Waals surface area contributed by atoms with Gasteiger partial charge in [-0.2, -0.15) is 0 Å². The van der Waals surface area contributed by atoms with Crippen molar-refractivity contribution in [1.82, 2.24) is 5.32 Å². The largest absolute Gasteiger partial charge is 0.376 e. The molecule has 0 aliphatic rings. The number of rotatable bonds is 9. The number of hydrogen-bond donors (Lipinski definition) is 1. The molecule has 104 valence electrons. The highest BCUT2D eigenvalue weighted by Crippen LogP contribution is 2.17. The van der Waals surface area contributed by atoms with Crippen LogP contribution in [0.25, 0.3) is 0 Å².